The molecule has 0 bridgehead atoms. The van der Waals surface area contributed by atoms with Crippen LogP contribution in [0.15, 0.2) is 24.3 Å². The van der Waals surface area contributed by atoms with Crippen LogP contribution in [0.2, 0.25) is 0 Å². The van der Waals surface area contributed by atoms with Gasteiger partial charge < -0.3 is 4.74 Å². The average molecular weight is 236 g/mol. The first-order valence-electron chi connectivity index (χ1n) is 5.49. The lowest BCUT2D eigenvalue weighted by Crippen LogP contribution is -2.45. The maximum absolute atomic E-state index is 12.8. The highest BCUT2D eigenvalue weighted by Crippen LogP contribution is 2.44. The van der Waals surface area contributed by atoms with Crippen LogP contribution < -0.4 is 0 Å². The Morgan fingerprint density at radius 1 is 1.24 bits per heavy atom. The molecule has 0 aromatic heterocycles. The first kappa shape index (κ1) is 11.8. The molecule has 1 aromatic carbocycles. The third kappa shape index (κ3) is 1.84. The summed E-state index contributed by atoms with van der Waals surface area (Å²) in [5.74, 6) is -1.16. The average Bonchev–Trinajstić information content (AvgIpc) is 2.28. The largest absolute Gasteiger partial charge is 0.468 e. The summed E-state index contributed by atoms with van der Waals surface area (Å²) in [6.07, 6.45) is 1.85. The molecule has 0 radical (unpaired) electrons. The number of rotatable bonds is 3. The van der Waals surface area contributed by atoms with E-state index in [1.807, 2.05) is 0 Å². The highest BCUT2D eigenvalue weighted by Gasteiger charge is 2.51. The number of Topliss-reactive ketones (excluding diaryl/α,β-unsaturated/α-hetero) is 1. The quantitative estimate of drug-likeness (QED) is 0.459. The van der Waals surface area contributed by atoms with E-state index in [0.29, 0.717) is 18.4 Å². The minimum absolute atomic E-state index is 0.268. The number of benzene rings is 1. The molecule has 0 amide bonds. The summed E-state index contributed by atoms with van der Waals surface area (Å²) in [7, 11) is 1.28. The Morgan fingerprint density at radius 2 is 1.82 bits per heavy atom. The maximum Gasteiger partial charge on any atom is 0.319 e. The van der Waals surface area contributed by atoms with Gasteiger partial charge in [-0.1, -0.05) is 6.42 Å². The minimum Gasteiger partial charge on any atom is -0.468 e. The molecule has 0 N–H and O–H groups in total. The molecule has 3 nitrogen and oxygen atoms in total. The second-order valence-corrected chi connectivity index (χ2v) is 4.26. The van der Waals surface area contributed by atoms with Gasteiger partial charge in [0.15, 0.2) is 5.78 Å². The molecule has 0 atom stereocenters. The van der Waals surface area contributed by atoms with Gasteiger partial charge in [-0.15, -0.1) is 0 Å². The first-order chi connectivity index (χ1) is 8.10. The SMILES string of the molecule is COC(=O)C1(C(=O)c2ccc(F)cc2)CCC1. The Hall–Kier alpha value is -1.71. The van der Waals surface area contributed by atoms with Crippen molar-refractivity contribution in [3.63, 3.8) is 0 Å². The number of esters is 1. The molecular formula is C13H13FO3. The number of hydrogen-bond donors (Lipinski definition) is 0. The maximum atomic E-state index is 12.8. The smallest absolute Gasteiger partial charge is 0.319 e. The molecule has 2 rings (SSSR count). The van der Waals surface area contributed by atoms with E-state index in [2.05, 4.69) is 0 Å². The molecule has 17 heavy (non-hydrogen) atoms. The second-order valence-electron chi connectivity index (χ2n) is 4.26. The number of halogens is 1. The van der Waals surface area contributed by atoms with E-state index in [0.717, 1.165) is 6.42 Å². The molecule has 1 aromatic rings. The Bertz CT molecular complexity index is 446. The summed E-state index contributed by atoms with van der Waals surface area (Å²) in [5, 5.41) is 0. The van der Waals surface area contributed by atoms with Crippen molar-refractivity contribution in [2.24, 2.45) is 5.41 Å². The van der Waals surface area contributed by atoms with E-state index >= 15 is 0 Å². The van der Waals surface area contributed by atoms with E-state index in [9.17, 15) is 14.0 Å². The molecule has 90 valence electrons. The standard InChI is InChI=1S/C13H13FO3/c1-17-12(16)13(7-2-8-13)11(15)9-3-5-10(14)6-4-9/h3-6H,2,7-8H2,1H3. The molecule has 1 aliphatic carbocycles. The number of carbonyl (C=O) groups is 2. The summed E-state index contributed by atoms with van der Waals surface area (Å²) in [6, 6.07) is 5.25. The lowest BCUT2D eigenvalue weighted by Gasteiger charge is -2.37. The molecule has 4 heteroatoms. The van der Waals surface area contributed by atoms with E-state index in [-0.39, 0.29) is 5.78 Å². The highest BCUT2D eigenvalue weighted by atomic mass is 19.1. The molecule has 1 fully saturated rings. The van der Waals surface area contributed by atoms with Gasteiger partial charge >= 0.3 is 5.97 Å². The topological polar surface area (TPSA) is 43.4 Å². The van der Waals surface area contributed by atoms with Gasteiger partial charge in [-0.05, 0) is 37.1 Å². The normalized spacial score (nSPS) is 17.1. The lowest BCUT2D eigenvalue weighted by molar-refractivity contribution is -0.153. The molecule has 1 aliphatic rings. The van der Waals surface area contributed by atoms with Crippen LogP contribution in [-0.4, -0.2) is 18.9 Å². The fraction of sp³-hybridized carbons (Fsp3) is 0.385. The van der Waals surface area contributed by atoms with Crippen molar-refractivity contribution in [3.05, 3.63) is 35.6 Å². The molecule has 1 saturated carbocycles. The fourth-order valence-corrected chi connectivity index (χ4v) is 2.13. The monoisotopic (exact) mass is 236 g/mol. The molecule has 0 unspecified atom stereocenters. The number of ether oxygens (including phenoxy) is 1. The van der Waals surface area contributed by atoms with Gasteiger partial charge in [0.05, 0.1) is 7.11 Å². The molecular weight excluding hydrogens is 223 g/mol. The Labute approximate surface area is 98.6 Å². The molecule has 0 spiro atoms. The van der Waals surface area contributed by atoms with Gasteiger partial charge in [0.25, 0.3) is 0 Å². The van der Waals surface area contributed by atoms with E-state index in [1.54, 1.807) is 0 Å². The number of methoxy groups -OCH3 is 1. The zero-order chi connectivity index (χ0) is 12.5. The summed E-state index contributed by atoms with van der Waals surface area (Å²) in [6.45, 7) is 0. The lowest BCUT2D eigenvalue weighted by atomic mass is 9.64. The first-order valence-corrected chi connectivity index (χ1v) is 5.49. The van der Waals surface area contributed by atoms with Crippen LogP contribution >= 0.6 is 0 Å². The number of ketones is 1. The summed E-state index contributed by atoms with van der Waals surface area (Å²) < 4.78 is 17.5. The zero-order valence-corrected chi connectivity index (χ0v) is 9.53. The third-order valence-electron chi connectivity index (χ3n) is 3.32. The van der Waals surface area contributed by atoms with Crippen molar-refractivity contribution < 1.29 is 18.7 Å². The van der Waals surface area contributed by atoms with Crippen LogP contribution in [-0.2, 0) is 9.53 Å². The van der Waals surface area contributed by atoms with Crippen molar-refractivity contribution in [2.45, 2.75) is 19.3 Å². The highest BCUT2D eigenvalue weighted by molar-refractivity contribution is 6.13. The van der Waals surface area contributed by atoms with Crippen molar-refractivity contribution >= 4 is 11.8 Å². The summed E-state index contributed by atoms with van der Waals surface area (Å²) in [5.41, 5.74) is -0.677. The van der Waals surface area contributed by atoms with Crippen LogP contribution in [0.4, 0.5) is 4.39 Å². The van der Waals surface area contributed by atoms with E-state index in [4.69, 9.17) is 4.74 Å². The summed E-state index contributed by atoms with van der Waals surface area (Å²) in [4.78, 5) is 23.9. The van der Waals surface area contributed by atoms with Crippen LogP contribution in [0, 0.1) is 11.2 Å². The van der Waals surface area contributed by atoms with Crippen LogP contribution in [0.25, 0.3) is 0 Å². The van der Waals surface area contributed by atoms with Crippen molar-refractivity contribution in [1.82, 2.24) is 0 Å². The number of carbonyl (C=O) groups excluding carboxylic acids is 2. The van der Waals surface area contributed by atoms with Gasteiger partial charge in [-0.2, -0.15) is 0 Å². The van der Waals surface area contributed by atoms with Crippen molar-refractivity contribution in [2.75, 3.05) is 7.11 Å². The van der Waals surface area contributed by atoms with Crippen molar-refractivity contribution in [3.8, 4) is 0 Å². The van der Waals surface area contributed by atoms with Gasteiger partial charge in [0.1, 0.15) is 11.2 Å². The minimum atomic E-state index is -1.04. The van der Waals surface area contributed by atoms with Crippen LogP contribution in [0.1, 0.15) is 29.6 Å². The second kappa shape index (κ2) is 4.28. The number of hydrogen-bond acceptors (Lipinski definition) is 3. The predicted molar refractivity (Wildman–Crippen MR) is 59.0 cm³/mol. The fourth-order valence-electron chi connectivity index (χ4n) is 2.13. The van der Waals surface area contributed by atoms with E-state index < -0.39 is 17.2 Å². The van der Waals surface area contributed by atoms with Crippen LogP contribution in [0.5, 0.6) is 0 Å². The summed E-state index contributed by atoms with van der Waals surface area (Å²) >= 11 is 0. The van der Waals surface area contributed by atoms with Crippen molar-refractivity contribution in [1.29, 1.82) is 0 Å². The Balaban J connectivity index is 2.29. The van der Waals surface area contributed by atoms with Crippen LogP contribution in [0.3, 0.4) is 0 Å². The zero-order valence-electron chi connectivity index (χ0n) is 9.53. The Morgan fingerprint density at radius 3 is 2.24 bits per heavy atom. The molecule has 0 heterocycles. The van der Waals surface area contributed by atoms with Gasteiger partial charge in [0.2, 0.25) is 0 Å². The Kier molecular flexibility index (Phi) is 2.96. The molecule has 0 aliphatic heterocycles. The predicted octanol–water partition coefficient (Wildman–Crippen LogP) is 2.35. The molecule has 0 saturated heterocycles. The van der Waals surface area contributed by atoms with Gasteiger partial charge in [0, 0.05) is 5.56 Å². The van der Waals surface area contributed by atoms with E-state index in [1.165, 1.54) is 31.4 Å². The third-order valence-corrected chi connectivity index (χ3v) is 3.32. The van der Waals surface area contributed by atoms with Gasteiger partial charge in [-0.25, -0.2) is 4.39 Å². The van der Waals surface area contributed by atoms with Gasteiger partial charge in [-0.3, -0.25) is 9.59 Å².